The zero-order valence-corrected chi connectivity index (χ0v) is 10.4. The van der Waals surface area contributed by atoms with Gasteiger partial charge in [-0.15, -0.1) is 0 Å². The molecule has 1 aromatic heterocycles. The van der Waals surface area contributed by atoms with Gasteiger partial charge in [-0.25, -0.2) is 0 Å². The van der Waals surface area contributed by atoms with Gasteiger partial charge in [-0.3, -0.25) is 0 Å². The van der Waals surface area contributed by atoms with Gasteiger partial charge in [-0.1, -0.05) is 35.0 Å². The molecule has 0 atom stereocenters. The Hall–Kier alpha value is -1.94. The van der Waals surface area contributed by atoms with Gasteiger partial charge in [0.1, 0.15) is 0 Å². The summed E-state index contributed by atoms with van der Waals surface area (Å²) in [5, 5.41) is 4.53. The molecule has 18 heavy (non-hydrogen) atoms. The van der Waals surface area contributed by atoms with Crippen molar-refractivity contribution in [3.8, 4) is 5.88 Å². The van der Waals surface area contributed by atoms with Crippen LogP contribution in [0.25, 0.3) is 0 Å². The van der Waals surface area contributed by atoms with E-state index in [1.54, 1.807) is 19.1 Å². The van der Waals surface area contributed by atoms with E-state index in [4.69, 9.17) is 16.4 Å². The summed E-state index contributed by atoms with van der Waals surface area (Å²) in [6.07, 6.45) is 0. The van der Waals surface area contributed by atoms with E-state index in [0.29, 0.717) is 10.7 Å². The molecule has 0 radical (unpaired) electrons. The number of benzene rings is 1. The van der Waals surface area contributed by atoms with E-state index in [-0.39, 0.29) is 5.88 Å². The molecule has 0 saturated carbocycles. The van der Waals surface area contributed by atoms with Crippen LogP contribution in [0.2, 0.25) is 5.02 Å². The van der Waals surface area contributed by atoms with Crippen LogP contribution in [0, 0.1) is 5.95 Å². The van der Waals surface area contributed by atoms with Crippen molar-refractivity contribution in [1.29, 1.82) is 0 Å². The maximum absolute atomic E-state index is 12.8. The molecule has 0 aliphatic heterocycles. The molecule has 0 saturated heterocycles. The Kier molecular flexibility index (Phi) is 3.89. The first kappa shape index (κ1) is 12.5. The number of oxime groups is 1. The van der Waals surface area contributed by atoms with E-state index in [1.165, 1.54) is 18.2 Å². The summed E-state index contributed by atoms with van der Waals surface area (Å²) in [6.45, 7) is 1.78. The summed E-state index contributed by atoms with van der Waals surface area (Å²) in [5.74, 6) is -0.491. The molecular weight excluding hydrogens is 255 g/mol. The van der Waals surface area contributed by atoms with Gasteiger partial charge in [0.15, 0.2) is 0 Å². The normalized spacial score (nSPS) is 11.4. The lowest BCUT2D eigenvalue weighted by Gasteiger charge is -2.01. The Morgan fingerprint density at radius 1 is 1.22 bits per heavy atom. The predicted octanol–water partition coefficient (Wildman–Crippen LogP) is 3.68. The van der Waals surface area contributed by atoms with Crippen molar-refractivity contribution in [1.82, 2.24) is 4.98 Å². The van der Waals surface area contributed by atoms with E-state index in [1.807, 2.05) is 12.1 Å². The highest BCUT2D eigenvalue weighted by Gasteiger charge is 2.00. The van der Waals surface area contributed by atoms with Crippen LogP contribution < -0.4 is 4.84 Å². The van der Waals surface area contributed by atoms with E-state index in [9.17, 15) is 4.39 Å². The summed E-state index contributed by atoms with van der Waals surface area (Å²) in [5.41, 5.74) is 1.52. The van der Waals surface area contributed by atoms with Gasteiger partial charge in [0.2, 0.25) is 5.95 Å². The lowest BCUT2D eigenvalue weighted by Crippen LogP contribution is -1.98. The molecule has 0 fully saturated rings. The number of nitrogens with zero attached hydrogens (tertiary/aromatic N) is 2. The summed E-state index contributed by atoms with van der Waals surface area (Å²) in [4.78, 5) is 8.57. The largest absolute Gasteiger partial charge is 0.336 e. The fourth-order valence-corrected chi connectivity index (χ4v) is 1.43. The molecule has 2 aromatic rings. The van der Waals surface area contributed by atoms with Gasteiger partial charge < -0.3 is 4.84 Å². The third-order valence-electron chi connectivity index (χ3n) is 2.23. The Morgan fingerprint density at radius 2 is 1.94 bits per heavy atom. The van der Waals surface area contributed by atoms with Gasteiger partial charge in [-0.05, 0) is 30.7 Å². The van der Waals surface area contributed by atoms with Crippen molar-refractivity contribution in [3.63, 3.8) is 0 Å². The number of aromatic nitrogens is 1. The van der Waals surface area contributed by atoms with Crippen LogP contribution in [0.15, 0.2) is 47.6 Å². The van der Waals surface area contributed by atoms with Crippen LogP contribution in [0.5, 0.6) is 5.88 Å². The molecule has 1 aromatic carbocycles. The topological polar surface area (TPSA) is 34.5 Å². The molecule has 0 amide bonds. The first-order valence-electron chi connectivity index (χ1n) is 5.25. The number of hydrogen-bond donors (Lipinski definition) is 0. The average molecular weight is 265 g/mol. The van der Waals surface area contributed by atoms with E-state index in [0.717, 1.165) is 5.56 Å². The third-order valence-corrected chi connectivity index (χ3v) is 2.48. The quantitative estimate of drug-likeness (QED) is 0.481. The average Bonchev–Trinajstić information content (AvgIpc) is 2.37. The first-order valence-corrected chi connectivity index (χ1v) is 5.63. The van der Waals surface area contributed by atoms with Crippen LogP contribution in [0.3, 0.4) is 0 Å². The highest BCUT2D eigenvalue weighted by Crippen LogP contribution is 2.11. The zero-order valence-electron chi connectivity index (χ0n) is 9.60. The van der Waals surface area contributed by atoms with Crippen molar-refractivity contribution >= 4 is 17.3 Å². The first-order chi connectivity index (χ1) is 8.65. The Morgan fingerprint density at radius 3 is 2.61 bits per heavy atom. The molecule has 0 bridgehead atoms. The maximum atomic E-state index is 12.8. The minimum absolute atomic E-state index is 0.114. The van der Waals surface area contributed by atoms with Crippen LogP contribution in [0.4, 0.5) is 4.39 Å². The van der Waals surface area contributed by atoms with Crippen LogP contribution in [-0.2, 0) is 0 Å². The van der Waals surface area contributed by atoms with Crippen molar-refractivity contribution in [2.24, 2.45) is 5.16 Å². The summed E-state index contributed by atoms with van der Waals surface area (Å²) < 4.78 is 12.8. The van der Waals surface area contributed by atoms with Gasteiger partial charge in [-0.2, -0.15) is 9.37 Å². The molecule has 92 valence electrons. The van der Waals surface area contributed by atoms with Gasteiger partial charge >= 0.3 is 0 Å². The number of rotatable bonds is 3. The summed E-state index contributed by atoms with van der Waals surface area (Å²) in [7, 11) is 0. The molecule has 0 spiro atoms. The number of pyridine rings is 1. The highest BCUT2D eigenvalue weighted by molar-refractivity contribution is 6.30. The fraction of sp³-hybridized carbons (Fsp3) is 0.0769. The lowest BCUT2D eigenvalue weighted by atomic mass is 10.1. The monoisotopic (exact) mass is 264 g/mol. The van der Waals surface area contributed by atoms with Crippen molar-refractivity contribution in [2.75, 3.05) is 0 Å². The molecule has 5 heteroatoms. The van der Waals surface area contributed by atoms with Gasteiger partial charge in [0.25, 0.3) is 5.88 Å². The van der Waals surface area contributed by atoms with Crippen LogP contribution in [-0.4, -0.2) is 10.7 Å². The molecular formula is C13H10ClFN2O. The van der Waals surface area contributed by atoms with Gasteiger partial charge in [0, 0.05) is 11.1 Å². The smallest absolute Gasteiger partial charge is 0.251 e. The summed E-state index contributed by atoms with van der Waals surface area (Å²) in [6, 6.07) is 11.4. The minimum Gasteiger partial charge on any atom is -0.336 e. The van der Waals surface area contributed by atoms with Crippen LogP contribution >= 0.6 is 11.6 Å². The van der Waals surface area contributed by atoms with Crippen LogP contribution in [0.1, 0.15) is 12.5 Å². The summed E-state index contributed by atoms with van der Waals surface area (Å²) >= 11 is 5.78. The molecule has 3 nitrogen and oxygen atoms in total. The Labute approximate surface area is 109 Å². The second-order valence-corrected chi connectivity index (χ2v) is 4.01. The highest BCUT2D eigenvalue weighted by atomic mass is 35.5. The van der Waals surface area contributed by atoms with Crippen molar-refractivity contribution in [2.45, 2.75) is 6.92 Å². The number of hydrogen-bond acceptors (Lipinski definition) is 3. The second kappa shape index (κ2) is 5.60. The molecule has 0 N–H and O–H groups in total. The number of halogens is 2. The minimum atomic E-state index is -0.605. The standard InChI is InChI=1S/C13H10ClFN2O/c1-9(10-5-7-11(14)8-6-10)17-18-13-4-2-3-12(15)16-13/h2-8H,1H3/b17-9+. The molecule has 2 rings (SSSR count). The Bertz CT molecular complexity index is 569. The molecule has 0 aliphatic rings. The Balaban J connectivity index is 2.11. The molecule has 0 aliphatic carbocycles. The van der Waals surface area contributed by atoms with E-state index in [2.05, 4.69) is 10.1 Å². The third kappa shape index (κ3) is 3.28. The maximum Gasteiger partial charge on any atom is 0.251 e. The predicted molar refractivity (Wildman–Crippen MR) is 68.5 cm³/mol. The lowest BCUT2D eigenvalue weighted by molar-refractivity contribution is 0.321. The fourth-order valence-electron chi connectivity index (χ4n) is 1.30. The van der Waals surface area contributed by atoms with E-state index >= 15 is 0 Å². The zero-order chi connectivity index (χ0) is 13.0. The molecule has 0 unspecified atom stereocenters. The van der Waals surface area contributed by atoms with Crippen molar-refractivity contribution < 1.29 is 9.23 Å². The molecule has 1 heterocycles. The van der Waals surface area contributed by atoms with Gasteiger partial charge in [0.05, 0.1) is 5.71 Å². The van der Waals surface area contributed by atoms with Crippen molar-refractivity contribution in [3.05, 3.63) is 59.0 Å². The second-order valence-electron chi connectivity index (χ2n) is 3.57. The van der Waals surface area contributed by atoms with E-state index < -0.39 is 5.95 Å². The SMILES string of the molecule is C/C(=N\Oc1cccc(F)n1)c1ccc(Cl)cc1.